The molecule has 0 aromatic carbocycles. The van der Waals surface area contributed by atoms with E-state index in [0.29, 0.717) is 0 Å². The highest BCUT2D eigenvalue weighted by Crippen LogP contribution is 2.35. The summed E-state index contributed by atoms with van der Waals surface area (Å²) >= 11 is 0. The van der Waals surface area contributed by atoms with E-state index < -0.39 is 0 Å². The highest BCUT2D eigenvalue weighted by Gasteiger charge is 2.34. The van der Waals surface area contributed by atoms with Crippen molar-refractivity contribution in [1.82, 2.24) is 5.32 Å². The number of halogens is 1. The van der Waals surface area contributed by atoms with Crippen molar-refractivity contribution < 1.29 is 0 Å². The van der Waals surface area contributed by atoms with Gasteiger partial charge in [-0.05, 0) is 37.5 Å². The molecule has 2 aliphatic heterocycles. The Morgan fingerprint density at radius 2 is 1.77 bits per heavy atom. The lowest BCUT2D eigenvalue weighted by atomic mass is 9.81. The zero-order valence-corrected chi connectivity index (χ0v) is 9.57. The van der Waals surface area contributed by atoms with Crippen LogP contribution in [-0.2, 0) is 0 Å². The van der Waals surface area contributed by atoms with E-state index in [2.05, 4.69) is 19.2 Å². The molecule has 78 valence electrons. The van der Waals surface area contributed by atoms with Crippen molar-refractivity contribution >= 4 is 12.4 Å². The van der Waals surface area contributed by atoms with Crippen molar-refractivity contribution in [3.8, 4) is 0 Å². The molecular formula is C11H22ClN. The Balaban J connectivity index is 0.000000845. The lowest BCUT2D eigenvalue weighted by Crippen LogP contribution is -2.39. The minimum atomic E-state index is 0. The zero-order valence-electron chi connectivity index (χ0n) is 8.75. The van der Waals surface area contributed by atoms with Gasteiger partial charge in [0, 0.05) is 12.1 Å². The third kappa shape index (κ3) is 2.38. The molecule has 3 atom stereocenters. The van der Waals surface area contributed by atoms with Crippen LogP contribution in [0.1, 0.15) is 46.0 Å². The largest absolute Gasteiger partial charge is 0.311 e. The van der Waals surface area contributed by atoms with E-state index in [-0.39, 0.29) is 12.4 Å². The van der Waals surface area contributed by atoms with Gasteiger partial charge in [0.05, 0.1) is 0 Å². The molecule has 13 heavy (non-hydrogen) atoms. The van der Waals surface area contributed by atoms with Gasteiger partial charge in [-0.25, -0.2) is 0 Å². The van der Waals surface area contributed by atoms with Gasteiger partial charge in [-0.15, -0.1) is 12.4 Å². The highest BCUT2D eigenvalue weighted by atomic mass is 35.5. The molecule has 2 bridgehead atoms. The third-order valence-electron chi connectivity index (χ3n) is 3.96. The van der Waals surface area contributed by atoms with Crippen LogP contribution in [-0.4, -0.2) is 12.1 Å². The van der Waals surface area contributed by atoms with Crippen LogP contribution in [0.15, 0.2) is 0 Å². The summed E-state index contributed by atoms with van der Waals surface area (Å²) in [5, 5.41) is 3.70. The van der Waals surface area contributed by atoms with Crippen LogP contribution in [0, 0.1) is 11.8 Å². The Bertz CT molecular complexity index is 148. The van der Waals surface area contributed by atoms with Gasteiger partial charge < -0.3 is 5.32 Å². The number of hydrogen-bond acceptors (Lipinski definition) is 1. The van der Waals surface area contributed by atoms with Gasteiger partial charge >= 0.3 is 0 Å². The molecular weight excluding hydrogens is 182 g/mol. The Hall–Kier alpha value is 0.250. The number of nitrogens with one attached hydrogen (secondary N) is 1. The van der Waals surface area contributed by atoms with Gasteiger partial charge in [0.1, 0.15) is 0 Å². The number of piperidine rings is 1. The maximum Gasteiger partial charge on any atom is 0.00729 e. The fourth-order valence-electron chi connectivity index (χ4n) is 2.90. The molecule has 0 saturated carbocycles. The van der Waals surface area contributed by atoms with Crippen molar-refractivity contribution in [3.63, 3.8) is 0 Å². The summed E-state index contributed by atoms with van der Waals surface area (Å²) in [7, 11) is 0. The van der Waals surface area contributed by atoms with E-state index in [9.17, 15) is 0 Å². The lowest BCUT2D eigenvalue weighted by molar-refractivity contribution is 0.224. The van der Waals surface area contributed by atoms with Crippen molar-refractivity contribution in [2.24, 2.45) is 11.8 Å². The highest BCUT2D eigenvalue weighted by molar-refractivity contribution is 5.85. The average molecular weight is 204 g/mol. The first-order chi connectivity index (χ1) is 5.79. The summed E-state index contributed by atoms with van der Waals surface area (Å²) in [4.78, 5) is 0. The topological polar surface area (TPSA) is 12.0 Å². The second-order valence-electron chi connectivity index (χ2n) is 4.75. The lowest BCUT2D eigenvalue weighted by Gasteiger charge is -2.32. The summed E-state index contributed by atoms with van der Waals surface area (Å²) in [6.45, 7) is 4.75. The second-order valence-corrected chi connectivity index (χ2v) is 4.75. The predicted molar refractivity (Wildman–Crippen MR) is 59.4 cm³/mol. The van der Waals surface area contributed by atoms with Crippen molar-refractivity contribution in [2.45, 2.75) is 58.0 Å². The second kappa shape index (κ2) is 4.65. The third-order valence-corrected chi connectivity index (χ3v) is 3.96. The summed E-state index contributed by atoms with van der Waals surface area (Å²) < 4.78 is 0. The van der Waals surface area contributed by atoms with Gasteiger partial charge in [-0.3, -0.25) is 0 Å². The fraction of sp³-hybridized carbons (Fsp3) is 1.00. The first kappa shape index (κ1) is 11.3. The Labute approximate surface area is 88.1 Å². The molecule has 2 heteroatoms. The van der Waals surface area contributed by atoms with Crippen LogP contribution in [0.2, 0.25) is 0 Å². The number of rotatable bonds is 2. The first-order valence-corrected chi connectivity index (χ1v) is 5.55. The minimum Gasteiger partial charge on any atom is -0.311 e. The van der Waals surface area contributed by atoms with Gasteiger partial charge in [0.2, 0.25) is 0 Å². The molecule has 0 aromatic rings. The maximum atomic E-state index is 3.70. The van der Waals surface area contributed by atoms with E-state index in [1.54, 1.807) is 0 Å². The van der Waals surface area contributed by atoms with Gasteiger partial charge in [0.15, 0.2) is 0 Å². The van der Waals surface area contributed by atoms with Crippen LogP contribution in [0.5, 0.6) is 0 Å². The summed E-state index contributed by atoms with van der Waals surface area (Å²) in [5.74, 6) is 1.98. The number of fused-ring (bicyclic) bond motifs is 2. The summed E-state index contributed by atoms with van der Waals surface area (Å²) in [6, 6.07) is 1.76. The molecule has 2 rings (SSSR count). The molecule has 2 saturated heterocycles. The number of hydrogen-bond donors (Lipinski definition) is 1. The normalized spacial score (nSPS) is 39.7. The van der Waals surface area contributed by atoms with Crippen LogP contribution in [0.3, 0.4) is 0 Å². The molecule has 0 radical (unpaired) electrons. The van der Waals surface area contributed by atoms with E-state index in [1.807, 2.05) is 0 Å². The SMILES string of the molecule is CCC(C)C1CC2CCC(C1)N2.Cl. The van der Waals surface area contributed by atoms with Crippen molar-refractivity contribution in [3.05, 3.63) is 0 Å². The van der Waals surface area contributed by atoms with E-state index in [1.165, 1.54) is 32.1 Å². The molecule has 3 unspecified atom stereocenters. The molecule has 0 aromatic heterocycles. The Morgan fingerprint density at radius 1 is 1.23 bits per heavy atom. The average Bonchev–Trinajstić information content (AvgIpc) is 2.44. The van der Waals surface area contributed by atoms with E-state index >= 15 is 0 Å². The molecule has 0 aliphatic carbocycles. The molecule has 1 N–H and O–H groups in total. The minimum absolute atomic E-state index is 0. The maximum absolute atomic E-state index is 3.70. The first-order valence-electron chi connectivity index (χ1n) is 5.55. The fourth-order valence-corrected chi connectivity index (χ4v) is 2.90. The van der Waals surface area contributed by atoms with E-state index in [0.717, 1.165) is 23.9 Å². The molecule has 1 nitrogen and oxygen atoms in total. The monoisotopic (exact) mass is 203 g/mol. The van der Waals surface area contributed by atoms with Crippen LogP contribution < -0.4 is 5.32 Å². The van der Waals surface area contributed by atoms with Crippen molar-refractivity contribution in [1.29, 1.82) is 0 Å². The standard InChI is InChI=1S/C11H21N.ClH/c1-3-8(2)9-6-10-4-5-11(7-9)12-10;/h8-12H,3-7H2,1-2H3;1H. The van der Waals surface area contributed by atoms with Crippen molar-refractivity contribution in [2.75, 3.05) is 0 Å². The van der Waals surface area contributed by atoms with E-state index in [4.69, 9.17) is 0 Å². The van der Waals surface area contributed by atoms with Gasteiger partial charge in [-0.1, -0.05) is 20.3 Å². The zero-order chi connectivity index (χ0) is 8.55. The van der Waals surface area contributed by atoms with Gasteiger partial charge in [-0.2, -0.15) is 0 Å². The van der Waals surface area contributed by atoms with Crippen LogP contribution >= 0.6 is 12.4 Å². The predicted octanol–water partition coefficient (Wildman–Crippen LogP) is 2.98. The summed E-state index contributed by atoms with van der Waals surface area (Å²) in [5.41, 5.74) is 0. The van der Waals surface area contributed by atoms with Gasteiger partial charge in [0.25, 0.3) is 0 Å². The summed E-state index contributed by atoms with van der Waals surface area (Å²) in [6.07, 6.45) is 7.15. The van der Waals surface area contributed by atoms with Crippen LogP contribution in [0.25, 0.3) is 0 Å². The molecule has 0 amide bonds. The molecule has 2 heterocycles. The quantitative estimate of drug-likeness (QED) is 0.728. The smallest absolute Gasteiger partial charge is 0.00729 e. The Kier molecular flexibility index (Phi) is 4.06. The Morgan fingerprint density at radius 3 is 2.23 bits per heavy atom. The molecule has 0 spiro atoms. The molecule has 2 aliphatic rings. The molecule has 2 fully saturated rings. The van der Waals surface area contributed by atoms with Crippen LogP contribution in [0.4, 0.5) is 0 Å².